The first-order chi connectivity index (χ1) is 7.38. The third-order valence-electron chi connectivity index (χ3n) is 2.01. The van der Waals surface area contributed by atoms with Crippen molar-refractivity contribution in [2.45, 2.75) is 25.7 Å². The molecular weight excluding hydrogens is 233 g/mol. The van der Waals surface area contributed by atoms with E-state index < -0.39 is 15.8 Å². The van der Waals surface area contributed by atoms with Gasteiger partial charge in [0.1, 0.15) is 5.82 Å². The molecule has 0 heterocycles. The Morgan fingerprint density at radius 2 is 1.81 bits per heavy atom. The lowest BCUT2D eigenvalue weighted by atomic mass is 10.1. The number of aryl methyl sites for hydroxylation is 2. The van der Waals surface area contributed by atoms with E-state index in [0.717, 1.165) is 0 Å². The molecule has 0 aromatic heterocycles. The van der Waals surface area contributed by atoms with Crippen molar-refractivity contribution in [1.29, 1.82) is 0 Å². The zero-order valence-corrected chi connectivity index (χ0v) is 10.2. The van der Waals surface area contributed by atoms with Crippen molar-refractivity contribution in [3.8, 4) is 0 Å². The molecule has 0 amide bonds. The average Bonchev–Trinajstić information content (AvgIpc) is 2.12. The standard InChI is InChI=1S/C10H14FNO3S/c1-4-15-12-16(13,14)10-7(2)5-9(11)6-8(10)3/h5-6,12H,4H2,1-3H3. The van der Waals surface area contributed by atoms with Gasteiger partial charge in [-0.05, 0) is 44.0 Å². The Kier molecular flexibility index (Phi) is 4.01. The molecule has 0 spiro atoms. The molecule has 1 aromatic carbocycles. The van der Waals surface area contributed by atoms with E-state index in [1.165, 1.54) is 26.0 Å². The summed E-state index contributed by atoms with van der Waals surface area (Å²) in [6, 6.07) is 2.35. The van der Waals surface area contributed by atoms with Crippen molar-refractivity contribution in [1.82, 2.24) is 4.89 Å². The molecule has 0 saturated heterocycles. The van der Waals surface area contributed by atoms with E-state index in [0.29, 0.717) is 11.1 Å². The van der Waals surface area contributed by atoms with Crippen LogP contribution in [0.4, 0.5) is 4.39 Å². The van der Waals surface area contributed by atoms with E-state index in [-0.39, 0.29) is 11.5 Å². The number of rotatable bonds is 4. The van der Waals surface area contributed by atoms with Crippen LogP contribution in [0.15, 0.2) is 17.0 Å². The fourth-order valence-corrected chi connectivity index (χ4v) is 2.82. The average molecular weight is 247 g/mol. The molecule has 1 N–H and O–H groups in total. The van der Waals surface area contributed by atoms with Crippen LogP contribution in [0.1, 0.15) is 18.1 Å². The van der Waals surface area contributed by atoms with Crippen LogP contribution in [-0.2, 0) is 14.9 Å². The van der Waals surface area contributed by atoms with Crippen molar-refractivity contribution < 1.29 is 17.6 Å². The molecule has 0 radical (unpaired) electrons. The summed E-state index contributed by atoms with van der Waals surface area (Å²) in [5, 5.41) is 0. The Balaban J connectivity index is 3.23. The Hall–Kier alpha value is -0.980. The Morgan fingerprint density at radius 1 is 1.31 bits per heavy atom. The molecular formula is C10H14FNO3S. The number of nitrogens with one attached hydrogen (secondary N) is 1. The topological polar surface area (TPSA) is 55.4 Å². The van der Waals surface area contributed by atoms with E-state index in [1.54, 1.807) is 6.92 Å². The smallest absolute Gasteiger partial charge is 0.262 e. The fourth-order valence-electron chi connectivity index (χ4n) is 1.50. The first-order valence-electron chi connectivity index (χ1n) is 4.79. The number of halogens is 1. The van der Waals surface area contributed by atoms with Gasteiger partial charge in [-0.25, -0.2) is 12.8 Å². The van der Waals surface area contributed by atoms with Crippen LogP contribution in [0.3, 0.4) is 0 Å². The van der Waals surface area contributed by atoms with Crippen molar-refractivity contribution in [2.24, 2.45) is 0 Å². The second kappa shape index (κ2) is 4.90. The minimum atomic E-state index is -3.74. The van der Waals surface area contributed by atoms with E-state index >= 15 is 0 Å². The van der Waals surface area contributed by atoms with Crippen LogP contribution in [0, 0.1) is 19.7 Å². The predicted octanol–water partition coefficient (Wildman–Crippen LogP) is 1.67. The van der Waals surface area contributed by atoms with Gasteiger partial charge in [-0.15, -0.1) is 0 Å². The lowest BCUT2D eigenvalue weighted by Gasteiger charge is -2.11. The van der Waals surface area contributed by atoms with Gasteiger partial charge in [-0.2, -0.15) is 0 Å². The molecule has 0 atom stereocenters. The number of sulfonamides is 1. The highest BCUT2D eigenvalue weighted by molar-refractivity contribution is 7.89. The number of hydrogen-bond donors (Lipinski definition) is 1. The quantitative estimate of drug-likeness (QED) is 0.823. The van der Waals surface area contributed by atoms with Crippen LogP contribution < -0.4 is 4.89 Å². The normalized spacial score (nSPS) is 11.8. The van der Waals surface area contributed by atoms with Gasteiger partial charge in [0, 0.05) is 0 Å². The van der Waals surface area contributed by atoms with E-state index in [2.05, 4.69) is 4.84 Å². The molecule has 90 valence electrons. The maximum Gasteiger partial charge on any atom is 0.262 e. The van der Waals surface area contributed by atoms with Crippen molar-refractivity contribution in [3.63, 3.8) is 0 Å². The van der Waals surface area contributed by atoms with Gasteiger partial charge >= 0.3 is 0 Å². The predicted molar refractivity (Wildman–Crippen MR) is 57.8 cm³/mol. The highest BCUT2D eigenvalue weighted by Gasteiger charge is 2.20. The summed E-state index contributed by atoms with van der Waals surface area (Å²) < 4.78 is 36.6. The summed E-state index contributed by atoms with van der Waals surface area (Å²) in [7, 11) is -3.74. The zero-order valence-electron chi connectivity index (χ0n) is 9.37. The van der Waals surface area contributed by atoms with Crippen LogP contribution >= 0.6 is 0 Å². The van der Waals surface area contributed by atoms with Gasteiger partial charge in [-0.3, -0.25) is 4.84 Å². The molecule has 16 heavy (non-hydrogen) atoms. The zero-order chi connectivity index (χ0) is 12.3. The van der Waals surface area contributed by atoms with Crippen LogP contribution in [-0.4, -0.2) is 15.0 Å². The number of benzene rings is 1. The minimum Gasteiger partial charge on any atom is -0.287 e. The van der Waals surface area contributed by atoms with Gasteiger partial charge in [0.05, 0.1) is 11.5 Å². The summed E-state index contributed by atoms with van der Waals surface area (Å²) in [6.07, 6.45) is 0. The monoisotopic (exact) mass is 247 g/mol. The van der Waals surface area contributed by atoms with Gasteiger partial charge < -0.3 is 0 Å². The van der Waals surface area contributed by atoms with Gasteiger partial charge in [0.15, 0.2) is 0 Å². The lowest BCUT2D eigenvalue weighted by Crippen LogP contribution is -2.25. The minimum absolute atomic E-state index is 0.0577. The lowest BCUT2D eigenvalue weighted by molar-refractivity contribution is 0.105. The van der Waals surface area contributed by atoms with Gasteiger partial charge in [-0.1, -0.05) is 4.89 Å². The van der Waals surface area contributed by atoms with E-state index in [1.807, 2.05) is 4.89 Å². The summed E-state index contributed by atoms with van der Waals surface area (Å²) in [5.41, 5.74) is 0.703. The SMILES string of the molecule is CCONS(=O)(=O)c1c(C)cc(F)cc1C. The summed E-state index contributed by atoms with van der Waals surface area (Å²) in [4.78, 5) is 6.69. The maximum absolute atomic E-state index is 13.0. The van der Waals surface area contributed by atoms with Crippen molar-refractivity contribution >= 4 is 10.0 Å². The molecule has 0 saturated carbocycles. The molecule has 1 rings (SSSR count). The summed E-state index contributed by atoms with van der Waals surface area (Å²) >= 11 is 0. The molecule has 1 aromatic rings. The van der Waals surface area contributed by atoms with Crippen molar-refractivity contribution in [3.05, 3.63) is 29.1 Å². The van der Waals surface area contributed by atoms with E-state index in [4.69, 9.17) is 0 Å². The molecule has 4 nitrogen and oxygen atoms in total. The molecule has 0 fully saturated rings. The van der Waals surface area contributed by atoms with Gasteiger partial charge in [0.2, 0.25) is 0 Å². The summed E-state index contributed by atoms with van der Waals surface area (Å²) in [5.74, 6) is -0.453. The molecule has 0 aliphatic carbocycles. The Morgan fingerprint density at radius 3 is 2.25 bits per heavy atom. The van der Waals surface area contributed by atoms with Crippen LogP contribution in [0.25, 0.3) is 0 Å². The highest BCUT2D eigenvalue weighted by atomic mass is 32.2. The Labute approximate surface area is 94.4 Å². The molecule has 0 bridgehead atoms. The first-order valence-corrected chi connectivity index (χ1v) is 6.27. The molecule has 0 unspecified atom stereocenters. The number of hydrogen-bond acceptors (Lipinski definition) is 3. The third-order valence-corrected chi connectivity index (χ3v) is 3.53. The third kappa shape index (κ3) is 2.78. The van der Waals surface area contributed by atoms with Crippen molar-refractivity contribution in [2.75, 3.05) is 6.61 Å². The van der Waals surface area contributed by atoms with Gasteiger partial charge in [0.25, 0.3) is 10.0 Å². The molecule has 0 aliphatic rings. The maximum atomic E-state index is 13.0. The highest BCUT2D eigenvalue weighted by Crippen LogP contribution is 2.20. The van der Waals surface area contributed by atoms with Crippen LogP contribution in [0.2, 0.25) is 0 Å². The fraction of sp³-hybridized carbons (Fsp3) is 0.400. The Bertz CT molecular complexity index is 462. The molecule has 0 aliphatic heterocycles. The molecule has 6 heteroatoms. The van der Waals surface area contributed by atoms with E-state index in [9.17, 15) is 12.8 Å². The largest absolute Gasteiger partial charge is 0.287 e. The second-order valence-electron chi connectivity index (χ2n) is 3.39. The second-order valence-corrected chi connectivity index (χ2v) is 4.97. The van der Waals surface area contributed by atoms with Crippen LogP contribution in [0.5, 0.6) is 0 Å². The first kappa shape index (κ1) is 13.1. The summed E-state index contributed by atoms with van der Waals surface area (Å²) in [6.45, 7) is 4.96.